The van der Waals surface area contributed by atoms with E-state index in [9.17, 15) is 15.0 Å². The number of H-pyrrole nitrogens is 1. The van der Waals surface area contributed by atoms with E-state index in [1.165, 1.54) is 6.33 Å². The number of aliphatic hydroxyl groups excluding tert-OH is 2. The maximum absolute atomic E-state index is 12.4. The van der Waals surface area contributed by atoms with E-state index in [1.807, 2.05) is 0 Å². The molecule has 2 aromatic heterocycles. The lowest BCUT2D eigenvalue weighted by Gasteiger charge is -2.42. The first-order chi connectivity index (χ1) is 13.4. The Kier molecular flexibility index (Phi) is 5.15. The van der Waals surface area contributed by atoms with Gasteiger partial charge >= 0.3 is 0 Å². The SMILES string of the molecule is Cc1nc(N[C@H]2O[C@@H](C)[C@H](NC(=O)[C@H]3CCCN3)[C@@H](O)[C@@H]2O)c2[nH]cnc2n1. The molecule has 0 bridgehead atoms. The fourth-order valence-corrected chi connectivity index (χ4v) is 3.74. The predicted molar refractivity (Wildman–Crippen MR) is 99.3 cm³/mol. The van der Waals surface area contributed by atoms with Crippen LogP contribution in [0.1, 0.15) is 25.6 Å². The topological polar surface area (TPSA) is 157 Å². The van der Waals surface area contributed by atoms with E-state index in [-0.39, 0.29) is 11.9 Å². The number of ether oxygens (including phenoxy) is 1. The van der Waals surface area contributed by atoms with Crippen LogP contribution in [0.5, 0.6) is 0 Å². The number of nitrogens with one attached hydrogen (secondary N) is 4. The van der Waals surface area contributed by atoms with Gasteiger partial charge in [0.1, 0.15) is 23.5 Å². The summed E-state index contributed by atoms with van der Waals surface area (Å²) in [6.45, 7) is 4.28. The number of nitrogens with zero attached hydrogens (tertiary/aromatic N) is 3. The molecule has 2 fully saturated rings. The molecule has 1 amide bonds. The third kappa shape index (κ3) is 3.53. The number of imidazole rings is 1. The second kappa shape index (κ2) is 7.59. The van der Waals surface area contributed by atoms with Crippen LogP contribution in [0.25, 0.3) is 11.2 Å². The molecule has 4 rings (SSSR count). The van der Waals surface area contributed by atoms with Gasteiger partial charge in [-0.05, 0) is 33.2 Å². The fourth-order valence-electron chi connectivity index (χ4n) is 3.74. The number of aromatic nitrogens is 4. The molecule has 2 aromatic rings. The van der Waals surface area contributed by atoms with Crippen molar-refractivity contribution in [3.8, 4) is 0 Å². The molecule has 6 atom stereocenters. The van der Waals surface area contributed by atoms with E-state index in [4.69, 9.17) is 4.74 Å². The lowest BCUT2D eigenvalue weighted by molar-refractivity contribution is -0.173. The first-order valence-corrected chi connectivity index (χ1v) is 9.43. The van der Waals surface area contributed by atoms with Gasteiger partial charge < -0.3 is 35.9 Å². The highest BCUT2D eigenvalue weighted by Gasteiger charge is 2.44. The number of aryl methyl sites for hydroxylation is 1. The quantitative estimate of drug-likeness (QED) is 0.376. The number of amides is 1. The van der Waals surface area contributed by atoms with Gasteiger partial charge in [-0.15, -0.1) is 0 Å². The Balaban J connectivity index is 1.47. The van der Waals surface area contributed by atoms with Gasteiger partial charge in [0.05, 0.1) is 24.5 Å². The summed E-state index contributed by atoms with van der Waals surface area (Å²) in [6.07, 6.45) is -0.721. The van der Waals surface area contributed by atoms with E-state index in [0.29, 0.717) is 22.8 Å². The van der Waals surface area contributed by atoms with Gasteiger partial charge in [-0.1, -0.05) is 0 Å². The minimum atomic E-state index is -1.27. The summed E-state index contributed by atoms with van der Waals surface area (Å²) in [5.74, 6) is 0.734. The molecule has 11 nitrogen and oxygen atoms in total. The smallest absolute Gasteiger partial charge is 0.237 e. The Morgan fingerprint density at radius 2 is 2.14 bits per heavy atom. The minimum absolute atomic E-state index is 0.193. The molecule has 2 saturated heterocycles. The van der Waals surface area contributed by atoms with Crippen LogP contribution in [0, 0.1) is 6.92 Å². The van der Waals surface area contributed by atoms with Crippen molar-refractivity contribution < 1.29 is 19.7 Å². The maximum atomic E-state index is 12.4. The van der Waals surface area contributed by atoms with Gasteiger partial charge in [0.25, 0.3) is 0 Å². The van der Waals surface area contributed by atoms with Crippen LogP contribution in [0.3, 0.4) is 0 Å². The molecule has 152 valence electrons. The van der Waals surface area contributed by atoms with E-state index in [1.54, 1.807) is 13.8 Å². The van der Waals surface area contributed by atoms with Crippen LogP contribution in [0.15, 0.2) is 6.33 Å². The lowest BCUT2D eigenvalue weighted by Crippen LogP contribution is -2.65. The molecule has 0 aromatic carbocycles. The van der Waals surface area contributed by atoms with Gasteiger partial charge in [0, 0.05) is 0 Å². The standard InChI is InChI=1S/C17H25N7O4/c1-7-10(23-16(27)9-4-3-5-18-9)12(25)13(26)17(28-7)24-15-11-14(20-6-19-11)21-8(2)22-15/h6-7,9-10,12-13,17-18,25-26H,3-5H2,1-2H3,(H,23,27)(H2,19,20,21,22,24)/t7-,9+,10-,12+,13-,17-/m0/s1. The molecule has 11 heteroatoms. The summed E-state index contributed by atoms with van der Waals surface area (Å²) < 4.78 is 5.86. The molecule has 0 spiro atoms. The Hall–Kier alpha value is -2.34. The first-order valence-electron chi connectivity index (χ1n) is 9.43. The second-order valence-corrected chi connectivity index (χ2v) is 7.29. The summed E-state index contributed by atoms with van der Waals surface area (Å²) >= 11 is 0. The largest absolute Gasteiger partial charge is 0.388 e. The number of hydrogen-bond acceptors (Lipinski definition) is 9. The average Bonchev–Trinajstić information content (AvgIpc) is 3.34. The molecule has 2 aliphatic heterocycles. The first kappa shape index (κ1) is 19.0. The number of aromatic amines is 1. The van der Waals surface area contributed by atoms with Crippen molar-refractivity contribution >= 4 is 22.9 Å². The van der Waals surface area contributed by atoms with Crippen molar-refractivity contribution in [1.82, 2.24) is 30.6 Å². The summed E-state index contributed by atoms with van der Waals surface area (Å²) in [5, 5.41) is 30.1. The third-order valence-electron chi connectivity index (χ3n) is 5.26. The van der Waals surface area contributed by atoms with Crippen molar-refractivity contribution in [1.29, 1.82) is 0 Å². The van der Waals surface area contributed by atoms with Crippen molar-refractivity contribution in [2.45, 2.75) is 63.3 Å². The van der Waals surface area contributed by atoms with Crippen molar-refractivity contribution in [2.75, 3.05) is 11.9 Å². The highest BCUT2D eigenvalue weighted by atomic mass is 16.5. The molecule has 2 aliphatic rings. The highest BCUT2D eigenvalue weighted by Crippen LogP contribution is 2.25. The van der Waals surface area contributed by atoms with Crippen molar-refractivity contribution in [3.63, 3.8) is 0 Å². The monoisotopic (exact) mass is 391 g/mol. The van der Waals surface area contributed by atoms with Crippen LogP contribution in [0.4, 0.5) is 5.82 Å². The normalized spacial score (nSPS) is 33.1. The molecule has 0 saturated carbocycles. The zero-order valence-electron chi connectivity index (χ0n) is 15.7. The van der Waals surface area contributed by atoms with E-state index in [0.717, 1.165) is 19.4 Å². The fraction of sp³-hybridized carbons (Fsp3) is 0.647. The summed E-state index contributed by atoms with van der Waals surface area (Å²) in [6, 6.07) is -0.993. The van der Waals surface area contributed by atoms with Crippen LogP contribution in [-0.4, -0.2) is 79.2 Å². The van der Waals surface area contributed by atoms with E-state index >= 15 is 0 Å². The zero-order valence-corrected chi connectivity index (χ0v) is 15.7. The Bertz CT molecular complexity index is 853. The van der Waals surface area contributed by atoms with E-state index in [2.05, 4.69) is 35.9 Å². The van der Waals surface area contributed by atoms with Gasteiger partial charge in [0.2, 0.25) is 5.91 Å². The van der Waals surface area contributed by atoms with Gasteiger partial charge in [-0.3, -0.25) is 4.79 Å². The summed E-state index contributed by atoms with van der Waals surface area (Å²) in [4.78, 5) is 28.0. The maximum Gasteiger partial charge on any atom is 0.237 e. The number of anilines is 1. The molecular weight excluding hydrogens is 366 g/mol. The molecule has 0 aliphatic carbocycles. The second-order valence-electron chi connectivity index (χ2n) is 7.29. The van der Waals surface area contributed by atoms with Crippen LogP contribution in [-0.2, 0) is 9.53 Å². The highest BCUT2D eigenvalue weighted by molar-refractivity contribution is 5.83. The molecule has 28 heavy (non-hydrogen) atoms. The Morgan fingerprint density at radius 3 is 2.89 bits per heavy atom. The van der Waals surface area contributed by atoms with Crippen molar-refractivity contribution in [2.24, 2.45) is 0 Å². The van der Waals surface area contributed by atoms with Gasteiger partial charge in [0.15, 0.2) is 17.7 Å². The lowest BCUT2D eigenvalue weighted by atomic mass is 9.95. The number of rotatable bonds is 4. The molecule has 6 N–H and O–H groups in total. The number of aliphatic hydroxyl groups is 2. The molecule has 0 unspecified atom stereocenters. The van der Waals surface area contributed by atoms with Gasteiger partial charge in [-0.2, -0.15) is 0 Å². The van der Waals surface area contributed by atoms with Crippen LogP contribution in [0.2, 0.25) is 0 Å². The summed E-state index contributed by atoms with van der Waals surface area (Å²) in [7, 11) is 0. The third-order valence-corrected chi connectivity index (χ3v) is 5.26. The number of fused-ring (bicyclic) bond motifs is 1. The van der Waals surface area contributed by atoms with Crippen LogP contribution >= 0.6 is 0 Å². The van der Waals surface area contributed by atoms with Crippen LogP contribution < -0.4 is 16.0 Å². The number of carbonyl (C=O) groups is 1. The number of carbonyl (C=O) groups excluding carboxylic acids is 1. The molecular formula is C17H25N7O4. The van der Waals surface area contributed by atoms with Gasteiger partial charge in [-0.25, -0.2) is 15.0 Å². The zero-order chi connectivity index (χ0) is 19.8. The van der Waals surface area contributed by atoms with Crippen molar-refractivity contribution in [3.05, 3.63) is 12.2 Å². The number of hydrogen-bond donors (Lipinski definition) is 6. The molecule has 4 heterocycles. The Morgan fingerprint density at radius 1 is 1.32 bits per heavy atom. The minimum Gasteiger partial charge on any atom is -0.388 e. The van der Waals surface area contributed by atoms with E-state index < -0.39 is 30.6 Å². The summed E-state index contributed by atoms with van der Waals surface area (Å²) in [5.41, 5.74) is 1.06. The average molecular weight is 391 g/mol. The Labute approximate surface area is 161 Å². The molecule has 0 radical (unpaired) electrons. The predicted octanol–water partition coefficient (Wildman–Crippen LogP) is -1.22.